The second-order valence-electron chi connectivity index (χ2n) is 5.08. The standard InChI is InChI=1S/C15H23NO3/c1-4-10-15(3,14(18)19)16-13(5-2)11-6-8-12(17)9-7-11/h6-9,13,16-17H,4-5,10H2,1-3H3,(H,18,19). The molecule has 0 amide bonds. The van der Waals surface area contributed by atoms with E-state index in [0.717, 1.165) is 18.4 Å². The number of phenolic OH excluding ortho intramolecular Hbond substituents is 1. The lowest BCUT2D eigenvalue weighted by molar-refractivity contribution is -0.145. The molecule has 2 atom stereocenters. The Bertz CT molecular complexity index is 416. The lowest BCUT2D eigenvalue weighted by Crippen LogP contribution is -2.50. The number of aromatic hydroxyl groups is 1. The minimum absolute atomic E-state index is 0.0340. The Kier molecular flexibility index (Phi) is 5.36. The van der Waals surface area contributed by atoms with Gasteiger partial charge in [-0.15, -0.1) is 0 Å². The maximum atomic E-state index is 11.4. The predicted molar refractivity (Wildman–Crippen MR) is 75.2 cm³/mol. The quantitative estimate of drug-likeness (QED) is 0.708. The highest BCUT2D eigenvalue weighted by Gasteiger charge is 2.34. The fourth-order valence-corrected chi connectivity index (χ4v) is 2.25. The van der Waals surface area contributed by atoms with Crippen LogP contribution in [0.5, 0.6) is 5.75 Å². The SMILES string of the molecule is CCCC(C)(NC(CC)c1ccc(O)cc1)C(=O)O. The fraction of sp³-hybridized carbons (Fsp3) is 0.533. The van der Waals surface area contributed by atoms with Crippen LogP contribution in [0.1, 0.15) is 51.6 Å². The maximum absolute atomic E-state index is 11.4. The van der Waals surface area contributed by atoms with Crippen LogP contribution in [0, 0.1) is 0 Å². The molecular weight excluding hydrogens is 242 g/mol. The molecule has 0 fully saturated rings. The van der Waals surface area contributed by atoms with Gasteiger partial charge >= 0.3 is 5.97 Å². The van der Waals surface area contributed by atoms with Crippen LogP contribution in [0.4, 0.5) is 0 Å². The van der Waals surface area contributed by atoms with Crippen molar-refractivity contribution in [1.82, 2.24) is 5.32 Å². The minimum Gasteiger partial charge on any atom is -0.508 e. The van der Waals surface area contributed by atoms with E-state index in [-0.39, 0.29) is 11.8 Å². The van der Waals surface area contributed by atoms with E-state index in [1.54, 1.807) is 19.1 Å². The van der Waals surface area contributed by atoms with Crippen molar-refractivity contribution in [2.24, 2.45) is 0 Å². The Morgan fingerprint density at radius 2 is 1.89 bits per heavy atom. The van der Waals surface area contributed by atoms with E-state index in [9.17, 15) is 15.0 Å². The van der Waals surface area contributed by atoms with E-state index < -0.39 is 11.5 Å². The first-order chi connectivity index (χ1) is 8.92. The molecule has 2 unspecified atom stereocenters. The van der Waals surface area contributed by atoms with Gasteiger partial charge in [0.1, 0.15) is 11.3 Å². The number of rotatable bonds is 7. The molecule has 0 heterocycles. The topological polar surface area (TPSA) is 69.6 Å². The molecular formula is C15H23NO3. The number of carboxylic acids is 1. The molecule has 0 bridgehead atoms. The highest BCUT2D eigenvalue weighted by atomic mass is 16.4. The molecule has 0 saturated heterocycles. The van der Waals surface area contributed by atoms with Crippen molar-refractivity contribution in [3.63, 3.8) is 0 Å². The second kappa shape index (κ2) is 6.57. The first-order valence-corrected chi connectivity index (χ1v) is 6.73. The summed E-state index contributed by atoms with van der Waals surface area (Å²) in [5.41, 5.74) is 0.0664. The lowest BCUT2D eigenvalue weighted by Gasteiger charge is -2.31. The largest absolute Gasteiger partial charge is 0.508 e. The van der Waals surface area contributed by atoms with Crippen molar-refractivity contribution in [1.29, 1.82) is 0 Å². The van der Waals surface area contributed by atoms with Crippen molar-refractivity contribution in [2.75, 3.05) is 0 Å². The summed E-state index contributed by atoms with van der Waals surface area (Å²) in [6.45, 7) is 5.71. The van der Waals surface area contributed by atoms with Crippen LogP contribution < -0.4 is 5.32 Å². The third-order valence-electron chi connectivity index (χ3n) is 3.42. The summed E-state index contributed by atoms with van der Waals surface area (Å²) in [4.78, 5) is 11.4. The molecule has 106 valence electrons. The van der Waals surface area contributed by atoms with Gasteiger partial charge in [-0.1, -0.05) is 32.4 Å². The zero-order valence-corrected chi connectivity index (χ0v) is 11.8. The average Bonchev–Trinajstić information content (AvgIpc) is 2.37. The van der Waals surface area contributed by atoms with Gasteiger partial charge in [0.25, 0.3) is 0 Å². The summed E-state index contributed by atoms with van der Waals surface area (Å²) in [5, 5.41) is 21.9. The fourth-order valence-electron chi connectivity index (χ4n) is 2.25. The van der Waals surface area contributed by atoms with E-state index in [1.807, 2.05) is 26.0 Å². The van der Waals surface area contributed by atoms with Gasteiger partial charge in [-0.3, -0.25) is 10.1 Å². The van der Waals surface area contributed by atoms with Gasteiger partial charge in [0, 0.05) is 6.04 Å². The summed E-state index contributed by atoms with van der Waals surface area (Å²) < 4.78 is 0. The van der Waals surface area contributed by atoms with Gasteiger partial charge in [-0.05, 0) is 37.5 Å². The van der Waals surface area contributed by atoms with Crippen LogP contribution in [0.2, 0.25) is 0 Å². The van der Waals surface area contributed by atoms with Gasteiger partial charge < -0.3 is 10.2 Å². The van der Waals surface area contributed by atoms with Crippen molar-refractivity contribution >= 4 is 5.97 Å². The highest BCUT2D eigenvalue weighted by molar-refractivity contribution is 5.78. The van der Waals surface area contributed by atoms with Crippen molar-refractivity contribution in [2.45, 2.75) is 51.6 Å². The third kappa shape index (κ3) is 3.96. The molecule has 1 aromatic carbocycles. The number of benzene rings is 1. The Labute approximate surface area is 114 Å². The summed E-state index contributed by atoms with van der Waals surface area (Å²) in [6, 6.07) is 6.86. The number of carboxylic acid groups (broad SMARTS) is 1. The minimum atomic E-state index is -0.923. The molecule has 0 aliphatic heterocycles. The predicted octanol–water partition coefficient (Wildman–Crippen LogP) is 3.08. The van der Waals surface area contributed by atoms with E-state index in [1.165, 1.54) is 0 Å². The molecule has 1 aromatic rings. The smallest absolute Gasteiger partial charge is 0.323 e. The zero-order chi connectivity index (χ0) is 14.5. The Balaban J connectivity index is 2.91. The molecule has 3 N–H and O–H groups in total. The van der Waals surface area contributed by atoms with Crippen molar-refractivity contribution in [3.8, 4) is 5.75 Å². The van der Waals surface area contributed by atoms with Gasteiger partial charge in [0.15, 0.2) is 0 Å². The van der Waals surface area contributed by atoms with Crippen LogP contribution in [0.3, 0.4) is 0 Å². The number of hydrogen-bond donors (Lipinski definition) is 3. The lowest BCUT2D eigenvalue weighted by atomic mass is 9.92. The van der Waals surface area contributed by atoms with Gasteiger partial charge in [0.2, 0.25) is 0 Å². The Hall–Kier alpha value is -1.55. The summed E-state index contributed by atoms with van der Waals surface area (Å²) in [5.74, 6) is -0.611. The normalized spacial score (nSPS) is 15.7. The van der Waals surface area contributed by atoms with Crippen molar-refractivity contribution in [3.05, 3.63) is 29.8 Å². The van der Waals surface area contributed by atoms with Gasteiger partial charge in [-0.2, -0.15) is 0 Å². The average molecular weight is 265 g/mol. The van der Waals surface area contributed by atoms with E-state index >= 15 is 0 Å². The Morgan fingerprint density at radius 1 is 1.32 bits per heavy atom. The Morgan fingerprint density at radius 3 is 2.32 bits per heavy atom. The number of aliphatic carboxylic acids is 1. The molecule has 4 nitrogen and oxygen atoms in total. The van der Waals surface area contributed by atoms with Gasteiger partial charge in [-0.25, -0.2) is 0 Å². The molecule has 0 aliphatic rings. The van der Waals surface area contributed by atoms with Crippen LogP contribution in [0.25, 0.3) is 0 Å². The molecule has 19 heavy (non-hydrogen) atoms. The summed E-state index contributed by atoms with van der Waals surface area (Å²) in [7, 11) is 0. The first-order valence-electron chi connectivity index (χ1n) is 6.73. The molecule has 1 rings (SSSR count). The number of phenols is 1. The molecule has 0 aliphatic carbocycles. The monoisotopic (exact) mass is 265 g/mol. The molecule has 0 radical (unpaired) electrons. The van der Waals surface area contributed by atoms with Crippen molar-refractivity contribution < 1.29 is 15.0 Å². The number of carbonyl (C=O) groups is 1. The zero-order valence-electron chi connectivity index (χ0n) is 11.8. The molecule has 0 aromatic heterocycles. The second-order valence-corrected chi connectivity index (χ2v) is 5.08. The van der Waals surface area contributed by atoms with Crippen LogP contribution in [0.15, 0.2) is 24.3 Å². The third-order valence-corrected chi connectivity index (χ3v) is 3.42. The summed E-state index contributed by atoms with van der Waals surface area (Å²) in [6.07, 6.45) is 2.18. The van der Waals surface area contributed by atoms with E-state index in [0.29, 0.717) is 6.42 Å². The number of nitrogens with one attached hydrogen (secondary N) is 1. The number of hydrogen-bond acceptors (Lipinski definition) is 3. The van der Waals surface area contributed by atoms with E-state index in [4.69, 9.17) is 0 Å². The summed E-state index contributed by atoms with van der Waals surface area (Å²) >= 11 is 0. The molecule has 0 spiro atoms. The highest BCUT2D eigenvalue weighted by Crippen LogP contribution is 2.24. The maximum Gasteiger partial charge on any atom is 0.323 e. The van der Waals surface area contributed by atoms with E-state index in [2.05, 4.69) is 5.32 Å². The molecule has 4 heteroatoms. The van der Waals surface area contributed by atoms with Crippen LogP contribution >= 0.6 is 0 Å². The first kappa shape index (κ1) is 15.5. The van der Waals surface area contributed by atoms with Crippen LogP contribution in [-0.2, 0) is 4.79 Å². The molecule has 0 saturated carbocycles. The van der Waals surface area contributed by atoms with Gasteiger partial charge in [0.05, 0.1) is 0 Å². The van der Waals surface area contributed by atoms with Crippen LogP contribution in [-0.4, -0.2) is 21.7 Å².